The van der Waals surface area contributed by atoms with E-state index in [1.165, 1.54) is 12.0 Å². The molecule has 0 radical (unpaired) electrons. The Morgan fingerprint density at radius 1 is 1.07 bits per heavy atom. The van der Waals surface area contributed by atoms with Crippen molar-refractivity contribution < 1.29 is 24.2 Å². The molecule has 2 aromatic carbocycles. The first-order valence-corrected chi connectivity index (χ1v) is 9.47. The van der Waals surface area contributed by atoms with E-state index in [4.69, 9.17) is 9.47 Å². The summed E-state index contributed by atoms with van der Waals surface area (Å²) in [5, 5.41) is 9.51. The molecule has 2 aromatic rings. The molecule has 0 spiro atoms. The Kier molecular flexibility index (Phi) is 5.05. The van der Waals surface area contributed by atoms with Crippen molar-refractivity contribution in [3.8, 4) is 11.1 Å². The number of carboxylic acid groups (broad SMARTS) is 1. The number of hydrogen-bond donors (Lipinski definition) is 1. The largest absolute Gasteiger partial charge is 0.480 e. The molecule has 0 aliphatic heterocycles. The van der Waals surface area contributed by atoms with Crippen molar-refractivity contribution in [3.05, 3.63) is 59.7 Å². The summed E-state index contributed by atoms with van der Waals surface area (Å²) >= 11 is 0. The van der Waals surface area contributed by atoms with E-state index in [2.05, 4.69) is 24.3 Å². The van der Waals surface area contributed by atoms with Crippen LogP contribution in [0, 0.1) is 0 Å². The lowest BCUT2D eigenvalue weighted by Gasteiger charge is -2.28. The molecule has 0 aromatic heterocycles. The fraction of sp³-hybridized carbons (Fsp3) is 0.364. The van der Waals surface area contributed by atoms with Crippen molar-refractivity contribution in [1.82, 2.24) is 4.90 Å². The van der Waals surface area contributed by atoms with E-state index >= 15 is 0 Å². The van der Waals surface area contributed by atoms with Gasteiger partial charge in [-0.2, -0.15) is 0 Å². The number of carboxylic acids is 1. The van der Waals surface area contributed by atoms with Crippen LogP contribution in [0.25, 0.3) is 11.1 Å². The summed E-state index contributed by atoms with van der Waals surface area (Å²) in [4.78, 5) is 25.8. The van der Waals surface area contributed by atoms with Crippen LogP contribution in [0.2, 0.25) is 0 Å². The van der Waals surface area contributed by atoms with E-state index in [-0.39, 0.29) is 25.2 Å². The minimum Gasteiger partial charge on any atom is -0.480 e. The van der Waals surface area contributed by atoms with Gasteiger partial charge in [-0.25, -0.2) is 9.59 Å². The molecule has 1 saturated carbocycles. The lowest BCUT2D eigenvalue weighted by Crippen LogP contribution is -2.49. The van der Waals surface area contributed by atoms with Crippen molar-refractivity contribution in [2.75, 3.05) is 20.3 Å². The number of fused-ring (bicyclic) bond motifs is 3. The molecule has 1 atom stereocenters. The minimum absolute atomic E-state index is 0.0527. The van der Waals surface area contributed by atoms with Crippen LogP contribution < -0.4 is 0 Å². The Morgan fingerprint density at radius 2 is 1.64 bits per heavy atom. The SMILES string of the molecule is COC[C@@H](C(=O)O)N(C(=O)OCC1c2ccccc2-c2ccccc21)C1CC1. The fourth-order valence-electron chi connectivity index (χ4n) is 3.98. The molecule has 1 fully saturated rings. The van der Waals surface area contributed by atoms with Gasteiger partial charge in [0.05, 0.1) is 6.61 Å². The summed E-state index contributed by atoms with van der Waals surface area (Å²) in [6.07, 6.45) is 0.990. The number of hydrogen-bond acceptors (Lipinski definition) is 4. The summed E-state index contributed by atoms with van der Waals surface area (Å²) in [6.45, 7) is 0.116. The highest BCUT2D eigenvalue weighted by Crippen LogP contribution is 2.44. The van der Waals surface area contributed by atoms with Crippen LogP contribution in [-0.4, -0.2) is 54.5 Å². The Hall–Kier alpha value is -2.86. The van der Waals surface area contributed by atoms with E-state index in [0.717, 1.165) is 35.1 Å². The molecule has 2 aliphatic rings. The van der Waals surface area contributed by atoms with Gasteiger partial charge < -0.3 is 14.6 Å². The third-order valence-electron chi connectivity index (χ3n) is 5.43. The zero-order chi connectivity index (χ0) is 19.7. The van der Waals surface area contributed by atoms with Gasteiger partial charge >= 0.3 is 12.1 Å². The normalized spacial score (nSPS) is 16.2. The number of nitrogens with zero attached hydrogens (tertiary/aromatic N) is 1. The standard InChI is InChI=1S/C22H23NO5/c1-27-13-20(21(24)25)23(14-10-11-14)22(26)28-12-19-17-8-4-2-6-15(17)16-7-3-5-9-18(16)19/h2-9,14,19-20H,10-13H2,1H3,(H,24,25)/t20-/m0/s1. The summed E-state index contributed by atoms with van der Waals surface area (Å²) in [5.41, 5.74) is 4.56. The van der Waals surface area contributed by atoms with E-state index in [0.29, 0.717) is 0 Å². The molecule has 0 heterocycles. The molecular formula is C22H23NO5. The van der Waals surface area contributed by atoms with Crippen LogP contribution in [0.15, 0.2) is 48.5 Å². The first-order chi connectivity index (χ1) is 13.6. The molecule has 4 rings (SSSR count). The van der Waals surface area contributed by atoms with Crippen molar-refractivity contribution in [3.63, 3.8) is 0 Å². The number of ether oxygens (including phenoxy) is 2. The van der Waals surface area contributed by atoms with Gasteiger partial charge in [0, 0.05) is 19.1 Å². The number of methoxy groups -OCH3 is 1. The quantitative estimate of drug-likeness (QED) is 0.794. The molecule has 1 N–H and O–H groups in total. The van der Waals surface area contributed by atoms with Gasteiger partial charge in [0.15, 0.2) is 6.04 Å². The van der Waals surface area contributed by atoms with Crippen molar-refractivity contribution >= 4 is 12.1 Å². The zero-order valence-electron chi connectivity index (χ0n) is 15.7. The highest BCUT2D eigenvalue weighted by molar-refractivity contribution is 5.81. The third-order valence-corrected chi connectivity index (χ3v) is 5.43. The molecule has 146 valence electrons. The predicted molar refractivity (Wildman–Crippen MR) is 103 cm³/mol. The molecule has 0 bridgehead atoms. The highest BCUT2D eigenvalue weighted by atomic mass is 16.6. The van der Waals surface area contributed by atoms with Crippen LogP contribution in [0.4, 0.5) is 4.79 Å². The predicted octanol–water partition coefficient (Wildman–Crippen LogP) is 3.50. The van der Waals surface area contributed by atoms with Gasteiger partial charge in [0.1, 0.15) is 6.61 Å². The van der Waals surface area contributed by atoms with Crippen LogP contribution in [0.3, 0.4) is 0 Å². The number of amides is 1. The lowest BCUT2D eigenvalue weighted by molar-refractivity contribution is -0.145. The van der Waals surface area contributed by atoms with Crippen molar-refractivity contribution in [1.29, 1.82) is 0 Å². The molecule has 0 unspecified atom stereocenters. The second-order valence-corrected chi connectivity index (χ2v) is 7.25. The summed E-state index contributed by atoms with van der Waals surface area (Å²) < 4.78 is 10.7. The smallest absolute Gasteiger partial charge is 0.410 e. The molecule has 0 saturated heterocycles. The van der Waals surface area contributed by atoms with Gasteiger partial charge in [-0.05, 0) is 35.1 Å². The number of rotatable bonds is 7. The van der Waals surface area contributed by atoms with Crippen LogP contribution in [0.5, 0.6) is 0 Å². The van der Waals surface area contributed by atoms with Gasteiger partial charge in [0.2, 0.25) is 0 Å². The molecule has 1 amide bonds. The van der Waals surface area contributed by atoms with Gasteiger partial charge in [0.25, 0.3) is 0 Å². The summed E-state index contributed by atoms with van der Waals surface area (Å²) in [6, 6.07) is 15.1. The van der Waals surface area contributed by atoms with E-state index < -0.39 is 18.1 Å². The first-order valence-electron chi connectivity index (χ1n) is 9.47. The average Bonchev–Trinajstić information content (AvgIpc) is 3.48. The maximum Gasteiger partial charge on any atom is 0.410 e. The molecule has 6 heteroatoms. The van der Waals surface area contributed by atoms with Crippen LogP contribution in [0.1, 0.15) is 29.9 Å². The van der Waals surface area contributed by atoms with Crippen molar-refractivity contribution in [2.45, 2.75) is 30.8 Å². The minimum atomic E-state index is -1.08. The van der Waals surface area contributed by atoms with Crippen LogP contribution in [-0.2, 0) is 14.3 Å². The maximum atomic E-state index is 12.8. The van der Waals surface area contributed by atoms with Crippen LogP contribution >= 0.6 is 0 Å². The Balaban J connectivity index is 1.53. The summed E-state index contributed by atoms with van der Waals surface area (Å²) in [7, 11) is 1.43. The highest BCUT2D eigenvalue weighted by Gasteiger charge is 2.42. The molecule has 28 heavy (non-hydrogen) atoms. The topological polar surface area (TPSA) is 76.1 Å². The number of aliphatic carboxylic acids is 1. The molecule has 6 nitrogen and oxygen atoms in total. The number of carbonyl (C=O) groups is 2. The zero-order valence-corrected chi connectivity index (χ0v) is 15.7. The number of carbonyl (C=O) groups excluding carboxylic acids is 1. The lowest BCUT2D eigenvalue weighted by atomic mass is 9.98. The second-order valence-electron chi connectivity index (χ2n) is 7.25. The Bertz CT molecular complexity index is 847. The van der Waals surface area contributed by atoms with E-state index in [1.807, 2.05) is 24.3 Å². The average molecular weight is 381 g/mol. The van der Waals surface area contributed by atoms with Crippen molar-refractivity contribution in [2.24, 2.45) is 0 Å². The fourth-order valence-corrected chi connectivity index (χ4v) is 3.98. The Morgan fingerprint density at radius 3 is 2.14 bits per heavy atom. The van der Waals surface area contributed by atoms with E-state index in [1.54, 1.807) is 0 Å². The first kappa shape index (κ1) is 18.5. The Labute approximate surface area is 163 Å². The number of benzene rings is 2. The molecular weight excluding hydrogens is 358 g/mol. The van der Waals surface area contributed by atoms with Gasteiger partial charge in [-0.15, -0.1) is 0 Å². The van der Waals surface area contributed by atoms with Gasteiger partial charge in [-0.1, -0.05) is 48.5 Å². The molecule has 2 aliphatic carbocycles. The summed E-state index contributed by atoms with van der Waals surface area (Å²) in [5.74, 6) is -1.13. The second kappa shape index (κ2) is 7.64. The van der Waals surface area contributed by atoms with E-state index in [9.17, 15) is 14.7 Å². The third kappa shape index (κ3) is 3.36. The monoisotopic (exact) mass is 381 g/mol. The van der Waals surface area contributed by atoms with Gasteiger partial charge in [-0.3, -0.25) is 4.90 Å². The maximum absolute atomic E-state index is 12.8.